The zero-order valence-electron chi connectivity index (χ0n) is 8.76. The molecular formula is C13H12ClFO. The molecule has 0 aliphatic heterocycles. The monoisotopic (exact) mass is 238 g/mol. The molecule has 1 N–H and O–H groups in total. The second-order valence-electron chi connectivity index (χ2n) is 4.12. The molecule has 0 heterocycles. The topological polar surface area (TPSA) is 20.2 Å². The van der Waals surface area contributed by atoms with E-state index < -0.39 is 11.4 Å². The SMILES string of the molecule is OC1(C#Cc2ccc(F)c(Cl)c2)CCCC1. The summed E-state index contributed by atoms with van der Waals surface area (Å²) < 4.78 is 12.9. The van der Waals surface area contributed by atoms with Crippen LogP contribution in [0.2, 0.25) is 5.02 Å². The molecule has 0 unspecified atom stereocenters. The van der Waals surface area contributed by atoms with Gasteiger partial charge in [-0.3, -0.25) is 0 Å². The molecular weight excluding hydrogens is 227 g/mol. The Kier molecular flexibility index (Phi) is 3.18. The average molecular weight is 239 g/mol. The van der Waals surface area contributed by atoms with Crippen LogP contribution in [0.1, 0.15) is 31.2 Å². The first-order chi connectivity index (χ1) is 7.59. The first-order valence-corrected chi connectivity index (χ1v) is 5.67. The predicted molar refractivity (Wildman–Crippen MR) is 61.7 cm³/mol. The lowest BCUT2D eigenvalue weighted by Crippen LogP contribution is -2.20. The lowest BCUT2D eigenvalue weighted by molar-refractivity contribution is 0.110. The molecule has 0 saturated heterocycles. The van der Waals surface area contributed by atoms with Crippen LogP contribution in [-0.4, -0.2) is 10.7 Å². The van der Waals surface area contributed by atoms with Crippen molar-refractivity contribution in [1.82, 2.24) is 0 Å². The lowest BCUT2D eigenvalue weighted by Gasteiger charge is -2.12. The maximum Gasteiger partial charge on any atom is 0.141 e. The molecule has 1 nitrogen and oxygen atoms in total. The molecule has 1 aliphatic carbocycles. The van der Waals surface area contributed by atoms with Crippen molar-refractivity contribution in [2.24, 2.45) is 0 Å². The third-order valence-electron chi connectivity index (χ3n) is 2.79. The van der Waals surface area contributed by atoms with Crippen LogP contribution in [0.25, 0.3) is 0 Å². The molecule has 1 aliphatic rings. The van der Waals surface area contributed by atoms with Crippen LogP contribution in [0.5, 0.6) is 0 Å². The standard InChI is InChI=1S/C13H12ClFO/c14-11-9-10(3-4-12(11)15)5-8-13(16)6-1-2-7-13/h3-4,9,16H,1-2,6-7H2. The van der Waals surface area contributed by atoms with E-state index in [4.69, 9.17) is 11.6 Å². The molecule has 1 fully saturated rings. The van der Waals surface area contributed by atoms with Crippen LogP contribution in [-0.2, 0) is 0 Å². The van der Waals surface area contributed by atoms with Crippen LogP contribution in [0, 0.1) is 17.7 Å². The zero-order chi connectivity index (χ0) is 11.6. The van der Waals surface area contributed by atoms with Crippen molar-refractivity contribution in [2.75, 3.05) is 0 Å². The quantitative estimate of drug-likeness (QED) is 0.689. The summed E-state index contributed by atoms with van der Waals surface area (Å²) in [5, 5.41) is 10.1. The summed E-state index contributed by atoms with van der Waals surface area (Å²) in [6.45, 7) is 0. The third-order valence-corrected chi connectivity index (χ3v) is 3.08. The molecule has 1 aromatic carbocycles. The molecule has 0 bridgehead atoms. The van der Waals surface area contributed by atoms with E-state index in [-0.39, 0.29) is 5.02 Å². The fraction of sp³-hybridized carbons (Fsp3) is 0.385. The van der Waals surface area contributed by atoms with Gasteiger partial charge in [0.1, 0.15) is 11.4 Å². The second kappa shape index (κ2) is 4.45. The van der Waals surface area contributed by atoms with Gasteiger partial charge in [-0.2, -0.15) is 0 Å². The van der Waals surface area contributed by atoms with Gasteiger partial charge < -0.3 is 5.11 Å². The summed E-state index contributed by atoms with van der Waals surface area (Å²) in [4.78, 5) is 0. The van der Waals surface area contributed by atoms with E-state index in [1.165, 1.54) is 12.1 Å². The minimum atomic E-state index is -0.860. The van der Waals surface area contributed by atoms with Gasteiger partial charge in [0.2, 0.25) is 0 Å². The predicted octanol–water partition coefficient (Wildman–Crippen LogP) is 3.14. The van der Waals surface area contributed by atoms with Crippen LogP contribution in [0.3, 0.4) is 0 Å². The summed E-state index contributed by atoms with van der Waals surface area (Å²) >= 11 is 5.64. The largest absolute Gasteiger partial charge is 0.378 e. The smallest absolute Gasteiger partial charge is 0.141 e. The Labute approximate surface area is 99.2 Å². The molecule has 84 valence electrons. The Morgan fingerprint density at radius 2 is 2.00 bits per heavy atom. The van der Waals surface area contributed by atoms with Crippen LogP contribution in [0.15, 0.2) is 18.2 Å². The molecule has 0 radical (unpaired) electrons. The van der Waals surface area contributed by atoms with Crippen LogP contribution in [0.4, 0.5) is 4.39 Å². The van der Waals surface area contributed by atoms with Gasteiger partial charge in [0.25, 0.3) is 0 Å². The third kappa shape index (κ3) is 2.55. The Bertz CT molecular complexity index is 453. The highest BCUT2D eigenvalue weighted by Gasteiger charge is 2.28. The van der Waals surface area contributed by atoms with Gasteiger partial charge in [0, 0.05) is 5.56 Å². The summed E-state index contributed by atoms with van der Waals surface area (Å²) in [5.74, 6) is 5.24. The van der Waals surface area contributed by atoms with E-state index in [0.717, 1.165) is 25.7 Å². The number of hydrogen-bond donors (Lipinski definition) is 1. The maximum atomic E-state index is 12.9. The van der Waals surface area contributed by atoms with Gasteiger partial charge in [-0.25, -0.2) is 4.39 Å². The Hall–Kier alpha value is -1.04. The van der Waals surface area contributed by atoms with Crippen molar-refractivity contribution < 1.29 is 9.50 Å². The summed E-state index contributed by atoms with van der Waals surface area (Å²) in [5.41, 5.74) is -0.229. The van der Waals surface area contributed by atoms with Crippen LogP contribution < -0.4 is 0 Å². The van der Waals surface area contributed by atoms with E-state index in [0.29, 0.717) is 5.56 Å². The molecule has 1 saturated carbocycles. The first kappa shape index (κ1) is 11.4. The highest BCUT2D eigenvalue weighted by atomic mass is 35.5. The number of benzene rings is 1. The fourth-order valence-electron chi connectivity index (χ4n) is 1.85. The number of rotatable bonds is 0. The Morgan fingerprint density at radius 3 is 2.62 bits per heavy atom. The molecule has 1 aromatic rings. The Balaban J connectivity index is 2.20. The number of hydrogen-bond acceptors (Lipinski definition) is 1. The van der Waals surface area contributed by atoms with Crippen molar-refractivity contribution in [3.8, 4) is 11.8 Å². The molecule has 16 heavy (non-hydrogen) atoms. The summed E-state index contributed by atoms with van der Waals surface area (Å²) in [6.07, 6.45) is 3.45. The highest BCUT2D eigenvalue weighted by molar-refractivity contribution is 6.30. The molecule has 2 rings (SSSR count). The fourth-order valence-corrected chi connectivity index (χ4v) is 2.03. The molecule has 0 spiro atoms. The maximum absolute atomic E-state index is 12.9. The number of halogens is 2. The highest BCUT2D eigenvalue weighted by Crippen LogP contribution is 2.28. The Morgan fingerprint density at radius 1 is 1.31 bits per heavy atom. The van der Waals surface area contributed by atoms with Gasteiger partial charge >= 0.3 is 0 Å². The van der Waals surface area contributed by atoms with E-state index in [1.807, 2.05) is 0 Å². The van der Waals surface area contributed by atoms with E-state index in [2.05, 4.69) is 11.8 Å². The average Bonchev–Trinajstić information content (AvgIpc) is 2.68. The second-order valence-corrected chi connectivity index (χ2v) is 4.52. The lowest BCUT2D eigenvalue weighted by atomic mass is 10.0. The van der Waals surface area contributed by atoms with Gasteiger partial charge in [0.05, 0.1) is 5.02 Å². The number of aliphatic hydroxyl groups is 1. The van der Waals surface area contributed by atoms with E-state index >= 15 is 0 Å². The van der Waals surface area contributed by atoms with Gasteiger partial charge in [-0.05, 0) is 43.9 Å². The minimum absolute atomic E-state index is 0.0604. The zero-order valence-corrected chi connectivity index (χ0v) is 9.52. The van der Waals surface area contributed by atoms with Crippen molar-refractivity contribution in [1.29, 1.82) is 0 Å². The van der Waals surface area contributed by atoms with Gasteiger partial charge in [-0.15, -0.1) is 0 Å². The minimum Gasteiger partial charge on any atom is -0.378 e. The first-order valence-electron chi connectivity index (χ1n) is 5.30. The van der Waals surface area contributed by atoms with Gasteiger partial charge in [0.15, 0.2) is 0 Å². The van der Waals surface area contributed by atoms with E-state index in [9.17, 15) is 9.50 Å². The molecule has 3 heteroatoms. The van der Waals surface area contributed by atoms with E-state index in [1.54, 1.807) is 6.07 Å². The molecule has 0 amide bonds. The van der Waals surface area contributed by atoms with Crippen molar-refractivity contribution in [2.45, 2.75) is 31.3 Å². The van der Waals surface area contributed by atoms with Crippen LogP contribution >= 0.6 is 11.6 Å². The summed E-state index contributed by atoms with van der Waals surface area (Å²) in [7, 11) is 0. The van der Waals surface area contributed by atoms with Gasteiger partial charge in [-0.1, -0.05) is 23.4 Å². The molecule has 0 aromatic heterocycles. The normalized spacial score (nSPS) is 17.9. The van der Waals surface area contributed by atoms with Crippen molar-refractivity contribution in [3.63, 3.8) is 0 Å². The van der Waals surface area contributed by atoms with Crippen molar-refractivity contribution >= 4 is 11.6 Å². The summed E-state index contributed by atoms with van der Waals surface area (Å²) in [6, 6.07) is 4.32. The molecule has 0 atom stereocenters. The van der Waals surface area contributed by atoms with Crippen molar-refractivity contribution in [3.05, 3.63) is 34.6 Å².